The summed E-state index contributed by atoms with van der Waals surface area (Å²) in [6.45, 7) is 7.94. The first-order valence-corrected chi connectivity index (χ1v) is 9.93. The first-order chi connectivity index (χ1) is 12.3. The average Bonchev–Trinajstić information content (AvgIpc) is 3.33. The number of guanidine groups is 1. The van der Waals surface area contributed by atoms with Gasteiger partial charge in [-0.15, -0.1) is 11.3 Å². The fraction of sp³-hybridized carbons (Fsp3) is 0.647. The van der Waals surface area contributed by atoms with Crippen LogP contribution in [0.4, 0.5) is 0 Å². The van der Waals surface area contributed by atoms with Gasteiger partial charge in [0.15, 0.2) is 5.96 Å². The van der Waals surface area contributed by atoms with Crippen LogP contribution in [0.3, 0.4) is 0 Å². The van der Waals surface area contributed by atoms with Crippen molar-refractivity contribution in [2.45, 2.75) is 45.4 Å². The standard InChI is InChI=1S/C17H27N7S/c1-3-14-11-20-15(25-14)5-8-19-17(18-4-2)24-9-6-13(7-10-24)16-21-12-22-23-16/h11-13H,3-10H2,1-2H3,(H,18,19)(H,21,22,23). The van der Waals surface area contributed by atoms with E-state index in [1.165, 1.54) is 9.88 Å². The highest BCUT2D eigenvalue weighted by Gasteiger charge is 2.24. The molecule has 0 aliphatic carbocycles. The smallest absolute Gasteiger partial charge is 0.193 e. The lowest BCUT2D eigenvalue weighted by Gasteiger charge is -2.33. The molecule has 0 amide bonds. The molecule has 0 saturated carbocycles. The number of piperidine rings is 1. The quantitative estimate of drug-likeness (QED) is 0.609. The molecule has 0 radical (unpaired) electrons. The van der Waals surface area contributed by atoms with Crippen molar-refractivity contribution in [3.8, 4) is 0 Å². The zero-order valence-electron chi connectivity index (χ0n) is 15.0. The number of aromatic amines is 1. The highest BCUT2D eigenvalue weighted by Crippen LogP contribution is 2.25. The van der Waals surface area contributed by atoms with E-state index in [9.17, 15) is 0 Å². The molecule has 1 aliphatic heterocycles. The lowest BCUT2D eigenvalue weighted by molar-refractivity contribution is 0.299. The maximum Gasteiger partial charge on any atom is 0.193 e. The third-order valence-electron chi connectivity index (χ3n) is 4.49. The SMILES string of the molecule is CCNC(=NCCc1ncc(CC)s1)N1CCC(c2ncn[nH]2)CC1. The lowest BCUT2D eigenvalue weighted by atomic mass is 9.96. The van der Waals surface area contributed by atoms with E-state index in [1.807, 2.05) is 6.20 Å². The van der Waals surface area contributed by atoms with Gasteiger partial charge < -0.3 is 10.2 Å². The van der Waals surface area contributed by atoms with E-state index in [4.69, 9.17) is 4.99 Å². The van der Waals surface area contributed by atoms with Gasteiger partial charge in [0.25, 0.3) is 0 Å². The van der Waals surface area contributed by atoms with E-state index in [0.717, 1.165) is 63.6 Å². The Balaban J connectivity index is 1.53. The Hall–Kier alpha value is -1.96. The predicted molar refractivity (Wildman–Crippen MR) is 101 cm³/mol. The van der Waals surface area contributed by atoms with Gasteiger partial charge in [0.05, 0.1) is 5.01 Å². The second-order valence-electron chi connectivity index (χ2n) is 6.19. The minimum Gasteiger partial charge on any atom is -0.357 e. The average molecular weight is 362 g/mol. The van der Waals surface area contributed by atoms with Crippen molar-refractivity contribution in [2.75, 3.05) is 26.2 Å². The summed E-state index contributed by atoms with van der Waals surface area (Å²) in [6.07, 6.45) is 7.70. The molecule has 0 spiro atoms. The van der Waals surface area contributed by atoms with Gasteiger partial charge >= 0.3 is 0 Å². The Kier molecular flexibility index (Phi) is 6.38. The van der Waals surface area contributed by atoms with Crippen LogP contribution in [0, 0.1) is 0 Å². The van der Waals surface area contributed by atoms with Crippen LogP contribution >= 0.6 is 11.3 Å². The van der Waals surface area contributed by atoms with E-state index < -0.39 is 0 Å². The normalized spacial score (nSPS) is 16.4. The van der Waals surface area contributed by atoms with Crippen LogP contribution in [-0.2, 0) is 12.8 Å². The molecule has 1 aliphatic rings. The molecule has 2 N–H and O–H groups in total. The van der Waals surface area contributed by atoms with Gasteiger partial charge in [0, 0.05) is 49.6 Å². The lowest BCUT2D eigenvalue weighted by Crippen LogP contribution is -2.45. The zero-order chi connectivity index (χ0) is 17.5. The number of aliphatic imine (C=N–C) groups is 1. The van der Waals surface area contributed by atoms with Crippen LogP contribution in [0.5, 0.6) is 0 Å². The molecule has 1 saturated heterocycles. The minimum absolute atomic E-state index is 0.476. The summed E-state index contributed by atoms with van der Waals surface area (Å²) in [5.41, 5.74) is 0. The maximum absolute atomic E-state index is 4.82. The monoisotopic (exact) mass is 361 g/mol. The second kappa shape index (κ2) is 8.94. The summed E-state index contributed by atoms with van der Waals surface area (Å²) >= 11 is 1.80. The van der Waals surface area contributed by atoms with Crippen molar-refractivity contribution < 1.29 is 0 Å². The molecular weight excluding hydrogens is 334 g/mol. The fourth-order valence-corrected chi connectivity index (χ4v) is 3.94. The molecule has 2 aromatic rings. The van der Waals surface area contributed by atoms with Crippen LogP contribution in [0.25, 0.3) is 0 Å². The largest absolute Gasteiger partial charge is 0.357 e. The van der Waals surface area contributed by atoms with Crippen molar-refractivity contribution in [3.63, 3.8) is 0 Å². The van der Waals surface area contributed by atoms with Gasteiger partial charge in [-0.2, -0.15) is 5.10 Å². The van der Waals surface area contributed by atoms with Gasteiger partial charge in [-0.05, 0) is 26.2 Å². The Morgan fingerprint density at radius 2 is 2.20 bits per heavy atom. The molecule has 0 unspecified atom stereocenters. The Labute approximate surface area is 153 Å². The Bertz CT molecular complexity index is 656. The van der Waals surface area contributed by atoms with Gasteiger partial charge in [0.1, 0.15) is 12.2 Å². The van der Waals surface area contributed by atoms with Crippen LogP contribution in [0.2, 0.25) is 0 Å². The van der Waals surface area contributed by atoms with Crippen molar-refractivity contribution >= 4 is 17.3 Å². The highest BCUT2D eigenvalue weighted by atomic mass is 32.1. The molecule has 25 heavy (non-hydrogen) atoms. The topological polar surface area (TPSA) is 82.1 Å². The predicted octanol–water partition coefficient (Wildman–Crippen LogP) is 2.21. The molecule has 3 rings (SSSR count). The van der Waals surface area contributed by atoms with E-state index in [2.05, 4.69) is 44.2 Å². The van der Waals surface area contributed by atoms with Crippen molar-refractivity contribution in [1.82, 2.24) is 30.4 Å². The summed E-state index contributed by atoms with van der Waals surface area (Å²) in [4.78, 5) is 17.3. The van der Waals surface area contributed by atoms with Crippen LogP contribution in [-0.4, -0.2) is 57.2 Å². The molecule has 1 fully saturated rings. The third kappa shape index (κ3) is 4.78. The summed E-state index contributed by atoms with van der Waals surface area (Å²) < 4.78 is 0. The number of nitrogens with zero attached hydrogens (tertiary/aromatic N) is 5. The number of H-pyrrole nitrogens is 1. The summed E-state index contributed by atoms with van der Waals surface area (Å²) in [5.74, 6) is 2.51. The zero-order valence-corrected chi connectivity index (χ0v) is 15.8. The van der Waals surface area contributed by atoms with Gasteiger partial charge in [0.2, 0.25) is 0 Å². The van der Waals surface area contributed by atoms with Gasteiger partial charge in [-0.1, -0.05) is 6.92 Å². The van der Waals surface area contributed by atoms with Crippen molar-refractivity contribution in [3.05, 3.63) is 28.2 Å². The minimum atomic E-state index is 0.476. The van der Waals surface area contributed by atoms with Crippen LogP contribution < -0.4 is 5.32 Å². The molecule has 7 nitrogen and oxygen atoms in total. The first-order valence-electron chi connectivity index (χ1n) is 9.12. The number of thiazole rings is 1. The van der Waals surface area contributed by atoms with E-state index in [-0.39, 0.29) is 0 Å². The molecule has 0 aromatic carbocycles. The Morgan fingerprint density at radius 3 is 2.84 bits per heavy atom. The number of rotatable bonds is 6. The molecule has 2 aromatic heterocycles. The Morgan fingerprint density at radius 1 is 1.36 bits per heavy atom. The van der Waals surface area contributed by atoms with Gasteiger partial charge in [-0.25, -0.2) is 9.97 Å². The summed E-state index contributed by atoms with van der Waals surface area (Å²) in [6, 6.07) is 0. The molecule has 136 valence electrons. The molecule has 0 atom stereocenters. The fourth-order valence-electron chi connectivity index (χ4n) is 3.09. The van der Waals surface area contributed by atoms with Crippen molar-refractivity contribution in [1.29, 1.82) is 0 Å². The number of hydrogen-bond donors (Lipinski definition) is 2. The van der Waals surface area contributed by atoms with Gasteiger partial charge in [-0.3, -0.25) is 10.1 Å². The number of nitrogens with one attached hydrogen (secondary N) is 2. The number of likely N-dealkylation sites (tertiary alicyclic amines) is 1. The molecule has 0 bridgehead atoms. The van der Waals surface area contributed by atoms with Crippen LogP contribution in [0.15, 0.2) is 17.5 Å². The summed E-state index contributed by atoms with van der Waals surface area (Å²) in [7, 11) is 0. The van der Waals surface area contributed by atoms with E-state index in [1.54, 1.807) is 17.7 Å². The second-order valence-corrected chi connectivity index (χ2v) is 7.39. The van der Waals surface area contributed by atoms with Crippen molar-refractivity contribution in [2.24, 2.45) is 4.99 Å². The molecule has 8 heteroatoms. The van der Waals surface area contributed by atoms with E-state index >= 15 is 0 Å². The number of hydrogen-bond acceptors (Lipinski definition) is 5. The maximum atomic E-state index is 4.82. The molecule has 3 heterocycles. The van der Waals surface area contributed by atoms with E-state index in [0.29, 0.717) is 5.92 Å². The van der Waals surface area contributed by atoms with Crippen LogP contribution in [0.1, 0.15) is 48.3 Å². The summed E-state index contributed by atoms with van der Waals surface area (Å²) in [5, 5.41) is 11.6. The first kappa shape index (κ1) is 17.8. The number of aryl methyl sites for hydroxylation is 1. The third-order valence-corrected chi connectivity index (χ3v) is 5.69. The highest BCUT2D eigenvalue weighted by molar-refractivity contribution is 7.11. The number of aromatic nitrogens is 4. The molecular formula is C17H27N7S.